The molecular formula is C11H22N4O. The first-order valence-electron chi connectivity index (χ1n) is 6.09. The van der Waals surface area contributed by atoms with Gasteiger partial charge >= 0.3 is 0 Å². The van der Waals surface area contributed by atoms with Crippen LogP contribution in [0.4, 0.5) is 0 Å². The van der Waals surface area contributed by atoms with E-state index >= 15 is 0 Å². The summed E-state index contributed by atoms with van der Waals surface area (Å²) in [5.41, 5.74) is 0. The molecule has 0 aromatic heterocycles. The number of carbonyl (C=O) groups excluding carboxylic acids is 1. The molecule has 0 atom stereocenters. The summed E-state index contributed by atoms with van der Waals surface area (Å²) in [5, 5.41) is 4.22. The molecule has 0 saturated carbocycles. The van der Waals surface area contributed by atoms with E-state index in [-0.39, 0.29) is 5.91 Å². The third-order valence-corrected chi connectivity index (χ3v) is 3.36. The first kappa shape index (κ1) is 11.8. The quantitative estimate of drug-likeness (QED) is 0.663. The summed E-state index contributed by atoms with van der Waals surface area (Å²) in [6.07, 6.45) is 3.61. The van der Waals surface area contributed by atoms with Gasteiger partial charge in [0.2, 0.25) is 5.91 Å². The van der Waals surface area contributed by atoms with Crippen LogP contribution in [0.15, 0.2) is 0 Å². The summed E-state index contributed by atoms with van der Waals surface area (Å²) in [6.45, 7) is 4.20. The van der Waals surface area contributed by atoms with Gasteiger partial charge in [-0.3, -0.25) is 9.69 Å². The van der Waals surface area contributed by atoms with E-state index in [9.17, 15) is 4.79 Å². The van der Waals surface area contributed by atoms with Crippen LogP contribution in [0.25, 0.3) is 0 Å². The molecule has 2 heterocycles. The molecule has 2 aliphatic rings. The second kappa shape index (κ2) is 5.12. The van der Waals surface area contributed by atoms with Gasteiger partial charge in [0.25, 0.3) is 0 Å². The molecule has 5 nitrogen and oxygen atoms in total. The molecule has 2 aliphatic heterocycles. The summed E-state index contributed by atoms with van der Waals surface area (Å²) in [5.74, 6) is 0.279. The van der Waals surface area contributed by atoms with Crippen LogP contribution in [-0.2, 0) is 4.79 Å². The van der Waals surface area contributed by atoms with Crippen molar-refractivity contribution in [3.63, 3.8) is 0 Å². The fourth-order valence-electron chi connectivity index (χ4n) is 2.44. The topological polar surface area (TPSA) is 30.0 Å². The number of piperidine rings is 1. The molecule has 1 amide bonds. The van der Waals surface area contributed by atoms with Crippen LogP contribution in [-0.4, -0.2) is 72.8 Å². The largest absolute Gasteiger partial charge is 0.342 e. The Morgan fingerprint density at radius 2 is 1.75 bits per heavy atom. The van der Waals surface area contributed by atoms with E-state index in [1.54, 1.807) is 0 Å². The van der Waals surface area contributed by atoms with Crippen molar-refractivity contribution < 1.29 is 4.79 Å². The van der Waals surface area contributed by atoms with Crippen molar-refractivity contribution in [2.75, 3.05) is 47.1 Å². The fourth-order valence-corrected chi connectivity index (χ4v) is 2.44. The van der Waals surface area contributed by atoms with Crippen molar-refractivity contribution in [3.8, 4) is 0 Å². The minimum Gasteiger partial charge on any atom is -0.342 e. The highest BCUT2D eigenvalue weighted by Gasteiger charge is 2.26. The van der Waals surface area contributed by atoms with Crippen LogP contribution >= 0.6 is 0 Å². The molecule has 0 aromatic carbocycles. The fraction of sp³-hybridized carbons (Fsp3) is 0.909. The van der Waals surface area contributed by atoms with Crippen molar-refractivity contribution >= 4 is 5.91 Å². The molecule has 0 radical (unpaired) electrons. The molecule has 16 heavy (non-hydrogen) atoms. The summed E-state index contributed by atoms with van der Waals surface area (Å²) in [4.78, 5) is 16.3. The van der Waals surface area contributed by atoms with Crippen molar-refractivity contribution in [2.45, 2.75) is 19.3 Å². The van der Waals surface area contributed by atoms with Gasteiger partial charge in [0.05, 0.1) is 19.9 Å². The van der Waals surface area contributed by atoms with E-state index in [4.69, 9.17) is 0 Å². The molecule has 0 aromatic rings. The maximum atomic E-state index is 12.0. The molecule has 0 N–H and O–H groups in total. The van der Waals surface area contributed by atoms with Gasteiger partial charge in [0.15, 0.2) is 0 Å². The number of likely N-dealkylation sites (tertiary alicyclic amines) is 1. The van der Waals surface area contributed by atoms with Crippen LogP contribution < -0.4 is 0 Å². The third kappa shape index (κ3) is 2.72. The highest BCUT2D eigenvalue weighted by molar-refractivity contribution is 5.78. The van der Waals surface area contributed by atoms with Crippen molar-refractivity contribution in [2.24, 2.45) is 0 Å². The summed E-state index contributed by atoms with van der Waals surface area (Å²) in [7, 11) is 4.11. The standard InChI is InChI=1S/C11H22N4O/c1-12-9-13(2)15(10-12)8-11(16)14-6-4-3-5-7-14/h3-10H2,1-2H3. The average molecular weight is 226 g/mol. The third-order valence-electron chi connectivity index (χ3n) is 3.36. The molecule has 0 spiro atoms. The van der Waals surface area contributed by atoms with Gasteiger partial charge in [-0.2, -0.15) is 0 Å². The Balaban J connectivity index is 1.82. The second-order valence-electron chi connectivity index (χ2n) is 4.90. The van der Waals surface area contributed by atoms with Crippen LogP contribution in [0, 0.1) is 0 Å². The van der Waals surface area contributed by atoms with E-state index in [2.05, 4.69) is 22.0 Å². The number of hydrogen-bond acceptors (Lipinski definition) is 4. The highest BCUT2D eigenvalue weighted by Crippen LogP contribution is 2.11. The van der Waals surface area contributed by atoms with Gasteiger partial charge in [-0.15, -0.1) is 0 Å². The molecule has 5 heteroatoms. The Morgan fingerprint density at radius 1 is 1.06 bits per heavy atom. The monoisotopic (exact) mass is 226 g/mol. The van der Waals surface area contributed by atoms with Gasteiger partial charge in [-0.05, 0) is 26.3 Å². The summed E-state index contributed by atoms with van der Waals surface area (Å²) >= 11 is 0. The minimum absolute atomic E-state index is 0.279. The number of hydrazine groups is 1. The summed E-state index contributed by atoms with van der Waals surface area (Å²) < 4.78 is 0. The van der Waals surface area contributed by atoms with Crippen LogP contribution in [0.3, 0.4) is 0 Å². The molecule has 0 unspecified atom stereocenters. The average Bonchev–Trinajstić information content (AvgIpc) is 2.59. The van der Waals surface area contributed by atoms with Gasteiger partial charge in [-0.1, -0.05) is 0 Å². The minimum atomic E-state index is 0.279. The van der Waals surface area contributed by atoms with E-state index < -0.39 is 0 Å². The molecule has 2 fully saturated rings. The SMILES string of the molecule is CN1CN(C)N(CC(=O)N2CCCCC2)C1. The van der Waals surface area contributed by atoms with Gasteiger partial charge in [0.1, 0.15) is 0 Å². The number of rotatable bonds is 2. The Hall–Kier alpha value is -0.650. The molecule has 0 bridgehead atoms. The number of nitrogens with zero attached hydrogens (tertiary/aromatic N) is 4. The number of hydrogen-bond donors (Lipinski definition) is 0. The van der Waals surface area contributed by atoms with Gasteiger partial charge in [-0.25, -0.2) is 10.0 Å². The smallest absolute Gasteiger partial charge is 0.238 e. The zero-order valence-corrected chi connectivity index (χ0v) is 10.4. The van der Waals surface area contributed by atoms with Crippen LogP contribution in [0.5, 0.6) is 0 Å². The van der Waals surface area contributed by atoms with Gasteiger partial charge in [0, 0.05) is 20.1 Å². The molecule has 2 rings (SSSR count). The van der Waals surface area contributed by atoms with Gasteiger partial charge < -0.3 is 4.90 Å². The summed E-state index contributed by atoms with van der Waals surface area (Å²) in [6, 6.07) is 0. The zero-order valence-electron chi connectivity index (χ0n) is 10.4. The normalized spacial score (nSPS) is 25.2. The van der Waals surface area contributed by atoms with Crippen molar-refractivity contribution in [3.05, 3.63) is 0 Å². The predicted molar refractivity (Wildman–Crippen MR) is 62.4 cm³/mol. The second-order valence-corrected chi connectivity index (χ2v) is 4.90. The Kier molecular flexibility index (Phi) is 3.78. The van der Waals surface area contributed by atoms with E-state index in [1.807, 2.05) is 11.9 Å². The van der Waals surface area contributed by atoms with E-state index in [0.29, 0.717) is 6.54 Å². The number of carbonyl (C=O) groups is 1. The Morgan fingerprint density at radius 3 is 2.31 bits per heavy atom. The molecule has 0 aliphatic carbocycles. The van der Waals surface area contributed by atoms with Crippen LogP contribution in [0.1, 0.15) is 19.3 Å². The first-order chi connectivity index (χ1) is 7.66. The lowest BCUT2D eigenvalue weighted by Crippen LogP contribution is -2.45. The Labute approximate surface area is 97.5 Å². The zero-order chi connectivity index (χ0) is 11.5. The van der Waals surface area contributed by atoms with E-state index in [0.717, 1.165) is 26.4 Å². The highest BCUT2D eigenvalue weighted by atomic mass is 16.2. The van der Waals surface area contributed by atoms with Crippen molar-refractivity contribution in [1.29, 1.82) is 0 Å². The molecule has 2 saturated heterocycles. The Bertz CT molecular complexity index is 252. The van der Waals surface area contributed by atoms with Crippen LogP contribution in [0.2, 0.25) is 0 Å². The lowest BCUT2D eigenvalue weighted by molar-refractivity contribution is -0.136. The number of amides is 1. The lowest BCUT2D eigenvalue weighted by Gasteiger charge is -2.30. The lowest BCUT2D eigenvalue weighted by atomic mass is 10.1. The van der Waals surface area contributed by atoms with Crippen molar-refractivity contribution in [1.82, 2.24) is 19.8 Å². The van der Waals surface area contributed by atoms with E-state index in [1.165, 1.54) is 19.3 Å². The molecular weight excluding hydrogens is 204 g/mol. The maximum Gasteiger partial charge on any atom is 0.238 e. The maximum absolute atomic E-state index is 12.0. The first-order valence-corrected chi connectivity index (χ1v) is 6.09. The predicted octanol–water partition coefficient (Wildman–Crippen LogP) is 0.00810. The molecule has 92 valence electrons.